The van der Waals surface area contributed by atoms with E-state index in [2.05, 4.69) is 77.2 Å². The highest BCUT2D eigenvalue weighted by atomic mass is 32.2. The minimum atomic E-state index is -2.42. The zero-order valence-corrected chi connectivity index (χ0v) is 29.7. The zero-order chi connectivity index (χ0) is 33.1. The van der Waals surface area contributed by atoms with Crippen molar-refractivity contribution in [2.45, 2.75) is 102 Å². The Balaban J connectivity index is 2.13. The summed E-state index contributed by atoms with van der Waals surface area (Å²) in [5.74, 6) is -2.14. The molecule has 3 aromatic rings. The molecule has 0 heterocycles. The highest BCUT2D eigenvalue weighted by Crippen LogP contribution is 2.50. The van der Waals surface area contributed by atoms with Crippen molar-refractivity contribution in [1.29, 1.82) is 0 Å². The van der Waals surface area contributed by atoms with E-state index in [1.807, 2.05) is 54.6 Å². The molecule has 0 radical (unpaired) electrons. The molecule has 2 N–H and O–H groups in total. The second kappa shape index (κ2) is 16.1. The summed E-state index contributed by atoms with van der Waals surface area (Å²) < 4.78 is 6.37. The van der Waals surface area contributed by atoms with Crippen molar-refractivity contribution < 1.29 is 24.2 Å². The fraction of sp³-hybridized carbons (Fsp3) is 0.474. The highest BCUT2D eigenvalue weighted by molar-refractivity contribution is 8.00. The van der Waals surface area contributed by atoms with Crippen LogP contribution in [0.1, 0.15) is 89.3 Å². The molecule has 0 aromatic heterocycles. The molecule has 3 rings (SSSR count). The molecular formula is C38H52O5SSi. The van der Waals surface area contributed by atoms with Crippen molar-refractivity contribution in [3.8, 4) is 0 Å². The van der Waals surface area contributed by atoms with Crippen LogP contribution in [0.15, 0.2) is 91.0 Å². The van der Waals surface area contributed by atoms with Crippen LogP contribution in [0.25, 0.3) is 0 Å². The van der Waals surface area contributed by atoms with Gasteiger partial charge in [0.25, 0.3) is 0 Å². The minimum absolute atomic E-state index is 0.0839. The summed E-state index contributed by atoms with van der Waals surface area (Å²) in [6.45, 7) is 12.9. The summed E-state index contributed by atoms with van der Waals surface area (Å²) in [6, 6.07) is 31.0. The summed E-state index contributed by atoms with van der Waals surface area (Å²) in [5.41, 5.74) is 1.36. The Morgan fingerprint density at radius 1 is 0.733 bits per heavy atom. The molecule has 5 nitrogen and oxygen atoms in total. The maximum Gasteiger partial charge on any atom is 0.321 e. The molecule has 0 aliphatic carbocycles. The first kappa shape index (κ1) is 36.6. The van der Waals surface area contributed by atoms with E-state index in [4.69, 9.17) is 4.43 Å². The molecule has 1 atom stereocenters. The maximum atomic E-state index is 12.9. The molecular weight excluding hydrogens is 597 g/mol. The van der Waals surface area contributed by atoms with Crippen LogP contribution in [-0.2, 0) is 18.8 Å². The number of benzene rings is 3. The predicted molar refractivity (Wildman–Crippen MR) is 189 cm³/mol. The number of thioether (sulfide) groups is 1. The topological polar surface area (TPSA) is 83.8 Å². The van der Waals surface area contributed by atoms with Gasteiger partial charge in [-0.2, -0.15) is 0 Å². The largest absolute Gasteiger partial charge is 0.480 e. The van der Waals surface area contributed by atoms with E-state index in [9.17, 15) is 19.8 Å². The van der Waals surface area contributed by atoms with Gasteiger partial charge in [-0.15, -0.1) is 11.8 Å². The van der Waals surface area contributed by atoms with Gasteiger partial charge in [0, 0.05) is 5.75 Å². The Bertz CT molecular complexity index is 1230. The van der Waals surface area contributed by atoms with Crippen LogP contribution < -0.4 is 0 Å². The van der Waals surface area contributed by atoms with E-state index in [1.165, 1.54) is 0 Å². The number of carboxylic acid groups (broad SMARTS) is 2. The molecule has 45 heavy (non-hydrogen) atoms. The highest BCUT2D eigenvalue weighted by Gasteiger charge is 2.50. The van der Waals surface area contributed by atoms with Crippen molar-refractivity contribution in [3.05, 3.63) is 108 Å². The number of hydrogen-bond donors (Lipinski definition) is 2. The fourth-order valence-electron chi connectivity index (χ4n) is 5.72. The fourth-order valence-corrected chi connectivity index (χ4v) is 8.72. The molecule has 0 spiro atoms. The van der Waals surface area contributed by atoms with E-state index >= 15 is 0 Å². The lowest BCUT2D eigenvalue weighted by molar-refractivity contribution is -0.167. The number of hydrogen-bond acceptors (Lipinski definition) is 4. The first-order valence-corrected chi connectivity index (χ1v) is 20.1. The third-order valence-electron chi connectivity index (χ3n) is 9.40. The molecule has 244 valence electrons. The van der Waals surface area contributed by atoms with E-state index in [1.54, 1.807) is 11.8 Å². The van der Waals surface area contributed by atoms with Crippen molar-refractivity contribution in [2.75, 3.05) is 5.75 Å². The van der Waals surface area contributed by atoms with Gasteiger partial charge in [-0.25, -0.2) is 0 Å². The van der Waals surface area contributed by atoms with Crippen molar-refractivity contribution >= 4 is 32.0 Å². The molecule has 3 aromatic carbocycles. The van der Waals surface area contributed by atoms with Crippen molar-refractivity contribution in [2.24, 2.45) is 5.41 Å². The third kappa shape index (κ3) is 8.90. The van der Waals surface area contributed by atoms with Gasteiger partial charge in [-0.1, -0.05) is 151 Å². The molecule has 7 heteroatoms. The summed E-state index contributed by atoms with van der Waals surface area (Å²) in [4.78, 5) is 25.8. The average molecular weight is 649 g/mol. The zero-order valence-electron chi connectivity index (χ0n) is 27.9. The van der Waals surface area contributed by atoms with Crippen LogP contribution in [0.3, 0.4) is 0 Å². The van der Waals surface area contributed by atoms with Gasteiger partial charge in [0.05, 0.1) is 10.9 Å². The first-order chi connectivity index (χ1) is 21.3. The second-order valence-electron chi connectivity index (χ2n) is 13.7. The Morgan fingerprint density at radius 3 is 1.53 bits per heavy atom. The Morgan fingerprint density at radius 2 is 1.16 bits per heavy atom. The average Bonchev–Trinajstić information content (AvgIpc) is 3.01. The van der Waals surface area contributed by atoms with E-state index < -0.39 is 36.5 Å². The molecule has 0 aliphatic rings. The molecule has 0 saturated heterocycles. The number of carbonyl (C=O) groups is 2. The van der Waals surface area contributed by atoms with Gasteiger partial charge < -0.3 is 14.6 Å². The van der Waals surface area contributed by atoms with Gasteiger partial charge >= 0.3 is 11.9 Å². The van der Waals surface area contributed by atoms with E-state index in [-0.39, 0.29) is 17.9 Å². The molecule has 0 unspecified atom stereocenters. The quantitative estimate of drug-likeness (QED) is 0.0618. The lowest BCUT2D eigenvalue weighted by atomic mass is 9.78. The summed E-state index contributed by atoms with van der Waals surface area (Å²) in [6.07, 6.45) is 3.88. The number of rotatable bonds is 18. The van der Waals surface area contributed by atoms with Crippen LogP contribution in [0, 0.1) is 5.41 Å². The second-order valence-corrected chi connectivity index (χ2v) is 19.6. The minimum Gasteiger partial charge on any atom is -0.480 e. The van der Waals surface area contributed by atoms with Crippen LogP contribution in [0.5, 0.6) is 0 Å². The van der Waals surface area contributed by atoms with E-state index in [0.29, 0.717) is 12.2 Å². The van der Waals surface area contributed by atoms with Crippen LogP contribution in [-0.4, -0.2) is 42.3 Å². The molecule has 0 bridgehead atoms. The summed E-state index contributed by atoms with van der Waals surface area (Å²) in [5, 5.41) is 20.9. The van der Waals surface area contributed by atoms with Gasteiger partial charge in [0.1, 0.15) is 0 Å². The number of carboxylic acids is 2. The number of aliphatic carboxylic acids is 2. The van der Waals surface area contributed by atoms with Crippen molar-refractivity contribution in [1.82, 2.24) is 0 Å². The maximum absolute atomic E-state index is 12.9. The Labute approximate surface area is 275 Å². The van der Waals surface area contributed by atoms with Gasteiger partial charge in [0.15, 0.2) is 13.7 Å². The van der Waals surface area contributed by atoms with Gasteiger partial charge in [0.2, 0.25) is 0 Å². The third-order valence-corrected chi connectivity index (χ3v) is 15.6. The van der Waals surface area contributed by atoms with Crippen LogP contribution in [0.4, 0.5) is 0 Å². The smallest absolute Gasteiger partial charge is 0.321 e. The predicted octanol–water partition coefficient (Wildman–Crippen LogP) is 10.0. The molecule has 0 fully saturated rings. The standard InChI is InChI=1S/C38H52O5SSi/c1-7-8-9-10-20-27-37(34(39)40,35(41)42)28-33(43-45(5,6)36(2,3)4)29-44-38(30-21-14-11-15-22-30,31-23-16-12-17-24-31)32-25-18-13-19-26-32/h11-19,21-26,33H,7-10,20,27-29H2,1-6H3,(H,39,40)(H,41,42)/t33-/m0/s1. The molecule has 0 amide bonds. The number of unbranched alkanes of at least 4 members (excludes halogenated alkanes) is 4. The van der Waals surface area contributed by atoms with Gasteiger partial charge in [-0.05, 0) is 47.7 Å². The van der Waals surface area contributed by atoms with Crippen molar-refractivity contribution in [3.63, 3.8) is 0 Å². The van der Waals surface area contributed by atoms with E-state index in [0.717, 1.165) is 42.4 Å². The first-order valence-electron chi connectivity index (χ1n) is 16.3. The Kier molecular flexibility index (Phi) is 13.1. The normalized spacial score (nSPS) is 13.4. The summed E-state index contributed by atoms with van der Waals surface area (Å²) >= 11 is 1.70. The van der Waals surface area contributed by atoms with Crippen LogP contribution in [0.2, 0.25) is 18.1 Å². The molecule has 0 aliphatic heterocycles. The SMILES string of the molecule is CCCCCCCC(C[C@@H](CSC(c1ccccc1)(c1ccccc1)c1ccccc1)O[Si](C)(C)C(C)(C)C)(C(=O)O)C(=O)O. The lowest BCUT2D eigenvalue weighted by Crippen LogP contribution is -2.49. The summed E-state index contributed by atoms with van der Waals surface area (Å²) in [7, 11) is -2.42. The monoisotopic (exact) mass is 648 g/mol. The lowest BCUT2D eigenvalue weighted by Gasteiger charge is -2.42. The van der Waals surface area contributed by atoms with Crippen LogP contribution >= 0.6 is 11.8 Å². The molecule has 0 saturated carbocycles. The van der Waals surface area contributed by atoms with Gasteiger partial charge in [-0.3, -0.25) is 9.59 Å². The Hall–Kier alpha value is -2.87.